The summed E-state index contributed by atoms with van der Waals surface area (Å²) in [6, 6.07) is 0. The maximum atomic E-state index is 5.32. The third-order valence-electron chi connectivity index (χ3n) is 4.64. The van der Waals surface area contributed by atoms with Crippen LogP contribution in [0.1, 0.15) is 40.5 Å². The molecule has 2 heterocycles. The van der Waals surface area contributed by atoms with Gasteiger partial charge in [0, 0.05) is 26.2 Å². The summed E-state index contributed by atoms with van der Waals surface area (Å²) < 4.78 is 3.47. The van der Waals surface area contributed by atoms with Crippen LogP contribution in [0.25, 0.3) is 0 Å². The Kier molecular flexibility index (Phi) is 9.43. The summed E-state index contributed by atoms with van der Waals surface area (Å²) in [5, 5.41) is 36.3. The third kappa shape index (κ3) is 10.4. The molecule has 0 bridgehead atoms. The number of nitrogens with one attached hydrogen (secondary N) is 4. The Hall–Kier alpha value is -2.48. The molecule has 31 heavy (non-hydrogen) atoms. The predicted octanol–water partition coefficient (Wildman–Crippen LogP) is 0.0781. The van der Waals surface area contributed by atoms with Crippen LogP contribution >= 0.6 is 24.4 Å². The first kappa shape index (κ1) is 24.8. The Bertz CT molecular complexity index is 722. The lowest BCUT2D eigenvalue weighted by atomic mass is 9.89. The van der Waals surface area contributed by atoms with E-state index in [1.165, 1.54) is 0 Å². The minimum Gasteiger partial charge on any atom is -0.363 e. The van der Waals surface area contributed by atoms with E-state index in [1.807, 2.05) is 0 Å². The lowest BCUT2D eigenvalue weighted by molar-refractivity contribution is 0.267. The van der Waals surface area contributed by atoms with E-state index in [9.17, 15) is 0 Å². The normalized spacial score (nSPS) is 11.7. The van der Waals surface area contributed by atoms with Gasteiger partial charge < -0.3 is 21.3 Å². The fraction of sp³-hybridized carbons (Fsp3) is 0.765. The first-order chi connectivity index (χ1) is 14.7. The van der Waals surface area contributed by atoms with Gasteiger partial charge in [-0.25, -0.2) is 9.36 Å². The predicted molar refractivity (Wildman–Crippen MR) is 125 cm³/mol. The van der Waals surface area contributed by atoms with Crippen LogP contribution < -0.4 is 21.3 Å². The van der Waals surface area contributed by atoms with Crippen LogP contribution in [0.2, 0.25) is 0 Å². The summed E-state index contributed by atoms with van der Waals surface area (Å²) in [5.74, 6) is 0. The topological polar surface area (TPSA) is 135 Å². The second-order valence-corrected chi connectivity index (χ2v) is 9.70. The van der Waals surface area contributed by atoms with E-state index < -0.39 is 0 Å². The number of rotatable bonds is 12. The van der Waals surface area contributed by atoms with Crippen molar-refractivity contribution in [2.75, 3.05) is 19.8 Å². The number of hydrogen-bond donors (Lipinski definition) is 4. The second kappa shape index (κ2) is 11.8. The fourth-order valence-corrected chi connectivity index (χ4v) is 3.25. The zero-order valence-corrected chi connectivity index (χ0v) is 20.1. The quantitative estimate of drug-likeness (QED) is 0.248. The number of hydrogen-bond acceptors (Lipinski definition) is 8. The Morgan fingerprint density at radius 2 is 1.16 bits per heavy atom. The summed E-state index contributed by atoms with van der Waals surface area (Å²) in [6.45, 7) is 12.1. The van der Waals surface area contributed by atoms with Crippen LogP contribution in [-0.4, -0.2) is 70.4 Å². The van der Waals surface area contributed by atoms with Gasteiger partial charge in [0.2, 0.25) is 0 Å². The molecule has 4 N–H and O–H groups in total. The van der Waals surface area contributed by atoms with Crippen LogP contribution in [0.4, 0.5) is 0 Å². The highest BCUT2D eigenvalue weighted by atomic mass is 32.1. The van der Waals surface area contributed by atoms with Gasteiger partial charge in [-0.1, -0.05) is 27.7 Å². The Morgan fingerprint density at radius 3 is 1.52 bits per heavy atom. The average molecular weight is 469 g/mol. The maximum Gasteiger partial charge on any atom is 0.167 e. The SMILES string of the molecule is CC(C)(CCNC(=S)NCNC(=S)NCCC(C)(C)Cn1cnnn1)Cn1cnnn1. The highest BCUT2D eigenvalue weighted by molar-refractivity contribution is 7.80. The van der Waals surface area contributed by atoms with Crippen LogP contribution in [0.15, 0.2) is 12.7 Å². The second-order valence-electron chi connectivity index (χ2n) is 8.89. The molecule has 2 aromatic heterocycles. The average Bonchev–Trinajstić information content (AvgIpc) is 3.34. The lowest BCUT2D eigenvalue weighted by Gasteiger charge is -2.25. The van der Waals surface area contributed by atoms with E-state index in [0.717, 1.165) is 39.0 Å². The van der Waals surface area contributed by atoms with E-state index >= 15 is 0 Å². The highest BCUT2D eigenvalue weighted by Gasteiger charge is 2.20. The number of nitrogens with zero attached hydrogens (tertiary/aromatic N) is 8. The Morgan fingerprint density at radius 1 is 0.742 bits per heavy atom. The Labute approximate surface area is 193 Å². The largest absolute Gasteiger partial charge is 0.363 e. The molecule has 0 amide bonds. The summed E-state index contributed by atoms with van der Waals surface area (Å²) in [4.78, 5) is 0. The van der Waals surface area contributed by atoms with Gasteiger partial charge in [-0.3, -0.25) is 0 Å². The number of aromatic nitrogens is 8. The van der Waals surface area contributed by atoms with Crippen LogP contribution in [-0.2, 0) is 13.1 Å². The molecule has 0 aliphatic carbocycles. The molecule has 0 radical (unpaired) electrons. The minimum absolute atomic E-state index is 0.0416. The minimum atomic E-state index is 0.0416. The molecule has 0 aliphatic heterocycles. The molecular weight excluding hydrogens is 436 g/mol. The van der Waals surface area contributed by atoms with Gasteiger partial charge in [-0.05, 0) is 69.0 Å². The van der Waals surface area contributed by atoms with Gasteiger partial charge in [0.05, 0.1) is 6.67 Å². The summed E-state index contributed by atoms with van der Waals surface area (Å²) >= 11 is 10.6. The smallest absolute Gasteiger partial charge is 0.167 e. The molecule has 0 atom stereocenters. The van der Waals surface area contributed by atoms with Gasteiger partial charge in [-0.15, -0.1) is 10.2 Å². The fourth-order valence-electron chi connectivity index (χ4n) is 2.90. The molecule has 0 fully saturated rings. The molecule has 2 aromatic rings. The van der Waals surface area contributed by atoms with Crippen molar-refractivity contribution in [2.24, 2.45) is 10.8 Å². The van der Waals surface area contributed by atoms with Crippen molar-refractivity contribution in [1.82, 2.24) is 61.7 Å². The van der Waals surface area contributed by atoms with E-state index in [0.29, 0.717) is 16.9 Å². The molecular formula is C17H32N12S2. The van der Waals surface area contributed by atoms with Gasteiger partial charge >= 0.3 is 0 Å². The van der Waals surface area contributed by atoms with Crippen molar-refractivity contribution in [1.29, 1.82) is 0 Å². The van der Waals surface area contributed by atoms with E-state index in [4.69, 9.17) is 24.4 Å². The van der Waals surface area contributed by atoms with Gasteiger partial charge in [0.1, 0.15) is 12.7 Å². The van der Waals surface area contributed by atoms with Crippen molar-refractivity contribution in [2.45, 2.75) is 53.6 Å². The van der Waals surface area contributed by atoms with E-state index in [2.05, 4.69) is 80.0 Å². The van der Waals surface area contributed by atoms with Crippen LogP contribution in [0.5, 0.6) is 0 Å². The van der Waals surface area contributed by atoms with Gasteiger partial charge in [0.15, 0.2) is 10.2 Å². The standard InChI is InChI=1S/C17H32N12S2/c1-16(2,9-28-12-22-24-26-28)5-7-18-14(30)20-11-21-15(31)19-8-6-17(3,4)10-29-13-23-25-27-29/h12-13H,5-11H2,1-4H3,(H2,18,20,30)(H2,19,21,31). The molecule has 0 saturated carbocycles. The molecule has 0 aliphatic rings. The summed E-state index contributed by atoms with van der Waals surface area (Å²) in [7, 11) is 0. The molecule has 0 unspecified atom stereocenters. The molecule has 0 spiro atoms. The number of tetrazole rings is 2. The van der Waals surface area contributed by atoms with Crippen LogP contribution in [0, 0.1) is 10.8 Å². The van der Waals surface area contributed by atoms with E-state index in [-0.39, 0.29) is 10.8 Å². The van der Waals surface area contributed by atoms with Gasteiger partial charge in [0.25, 0.3) is 0 Å². The molecule has 2 rings (SSSR count). The summed E-state index contributed by atoms with van der Waals surface area (Å²) in [6.07, 6.45) is 5.09. The molecule has 0 saturated heterocycles. The monoisotopic (exact) mass is 468 g/mol. The van der Waals surface area contributed by atoms with Crippen molar-refractivity contribution in [3.8, 4) is 0 Å². The van der Waals surface area contributed by atoms with Crippen molar-refractivity contribution in [3.63, 3.8) is 0 Å². The van der Waals surface area contributed by atoms with Crippen molar-refractivity contribution >= 4 is 34.7 Å². The maximum absolute atomic E-state index is 5.32. The van der Waals surface area contributed by atoms with Crippen molar-refractivity contribution < 1.29 is 0 Å². The zero-order chi connectivity index (χ0) is 22.7. The van der Waals surface area contributed by atoms with Gasteiger partial charge in [-0.2, -0.15) is 0 Å². The third-order valence-corrected chi connectivity index (χ3v) is 5.21. The summed E-state index contributed by atoms with van der Waals surface area (Å²) in [5.41, 5.74) is 0.0832. The van der Waals surface area contributed by atoms with Crippen LogP contribution in [0.3, 0.4) is 0 Å². The highest BCUT2D eigenvalue weighted by Crippen LogP contribution is 2.22. The zero-order valence-electron chi connectivity index (χ0n) is 18.5. The van der Waals surface area contributed by atoms with E-state index in [1.54, 1.807) is 22.0 Å². The molecule has 172 valence electrons. The first-order valence-electron chi connectivity index (χ1n) is 10.1. The molecule has 12 nitrogen and oxygen atoms in total. The molecule has 0 aromatic carbocycles. The number of thiocarbonyl (C=S) groups is 2. The first-order valence-corrected chi connectivity index (χ1v) is 10.9. The molecule has 14 heteroatoms. The lowest BCUT2D eigenvalue weighted by Crippen LogP contribution is -2.46. The Balaban J connectivity index is 1.52. The van der Waals surface area contributed by atoms with Crippen molar-refractivity contribution in [3.05, 3.63) is 12.7 Å².